The second kappa shape index (κ2) is 8.58. The second-order valence-electron chi connectivity index (χ2n) is 6.41. The van der Waals surface area contributed by atoms with Crippen LogP contribution in [-0.4, -0.2) is 44.0 Å². The van der Waals surface area contributed by atoms with Crippen molar-refractivity contribution < 1.29 is 19.1 Å². The Balaban J connectivity index is 1.62. The molecular formula is C21H24N2O4. The molecule has 0 saturated carbocycles. The van der Waals surface area contributed by atoms with Gasteiger partial charge in [-0.2, -0.15) is 0 Å². The minimum absolute atomic E-state index is 0.0312. The Morgan fingerprint density at radius 1 is 1.07 bits per heavy atom. The molecule has 0 unspecified atom stereocenters. The number of hydrogen-bond acceptors (Lipinski definition) is 4. The van der Waals surface area contributed by atoms with E-state index in [9.17, 15) is 9.59 Å². The van der Waals surface area contributed by atoms with Gasteiger partial charge in [0.05, 0.1) is 26.8 Å². The predicted molar refractivity (Wildman–Crippen MR) is 102 cm³/mol. The van der Waals surface area contributed by atoms with Crippen LogP contribution in [0.15, 0.2) is 48.5 Å². The molecule has 2 aromatic rings. The van der Waals surface area contributed by atoms with Gasteiger partial charge in [-0.1, -0.05) is 30.3 Å². The van der Waals surface area contributed by atoms with E-state index in [1.807, 2.05) is 35.2 Å². The fourth-order valence-electron chi connectivity index (χ4n) is 3.42. The number of amides is 2. The molecule has 3 rings (SSSR count). The molecule has 1 aliphatic heterocycles. The van der Waals surface area contributed by atoms with Crippen molar-refractivity contribution >= 4 is 11.8 Å². The van der Waals surface area contributed by atoms with E-state index in [1.165, 1.54) is 14.2 Å². The van der Waals surface area contributed by atoms with Crippen LogP contribution in [0.1, 0.15) is 34.8 Å². The molecular weight excluding hydrogens is 344 g/mol. The normalized spacial score (nSPS) is 16.1. The fraction of sp³-hybridized carbons (Fsp3) is 0.333. The van der Waals surface area contributed by atoms with Crippen molar-refractivity contribution in [1.29, 1.82) is 0 Å². The molecule has 6 nitrogen and oxygen atoms in total. The van der Waals surface area contributed by atoms with Gasteiger partial charge in [-0.05, 0) is 36.6 Å². The van der Waals surface area contributed by atoms with Crippen LogP contribution in [0.3, 0.4) is 0 Å². The summed E-state index contributed by atoms with van der Waals surface area (Å²) in [4.78, 5) is 26.9. The SMILES string of the molecule is COc1ccc(C(=O)NCC(=O)N2CCC[C@@H]2c2ccccc2)cc1OC. The number of carbonyl (C=O) groups excluding carboxylic acids is 2. The average molecular weight is 368 g/mol. The standard InChI is InChI=1S/C21H24N2O4/c1-26-18-11-10-16(13-19(18)27-2)21(25)22-14-20(24)23-12-6-9-17(23)15-7-4-3-5-8-15/h3-5,7-8,10-11,13,17H,6,9,12,14H2,1-2H3,(H,22,25)/t17-/m1/s1. The molecule has 1 N–H and O–H groups in total. The first-order valence-corrected chi connectivity index (χ1v) is 8.98. The maximum atomic E-state index is 12.7. The largest absolute Gasteiger partial charge is 0.493 e. The molecule has 0 radical (unpaired) electrons. The minimum Gasteiger partial charge on any atom is -0.493 e. The Hall–Kier alpha value is -3.02. The van der Waals surface area contributed by atoms with Gasteiger partial charge in [0.2, 0.25) is 5.91 Å². The number of rotatable bonds is 6. The van der Waals surface area contributed by atoms with Crippen molar-refractivity contribution in [3.63, 3.8) is 0 Å². The highest BCUT2D eigenvalue weighted by molar-refractivity contribution is 5.97. The minimum atomic E-state index is -0.320. The first kappa shape index (κ1) is 18.8. The van der Waals surface area contributed by atoms with Gasteiger partial charge in [0.25, 0.3) is 5.91 Å². The van der Waals surface area contributed by atoms with Gasteiger partial charge in [-0.25, -0.2) is 0 Å². The van der Waals surface area contributed by atoms with E-state index in [0.29, 0.717) is 23.6 Å². The summed E-state index contributed by atoms with van der Waals surface area (Å²) in [7, 11) is 3.05. The third kappa shape index (κ3) is 4.22. The third-order valence-electron chi connectivity index (χ3n) is 4.80. The van der Waals surface area contributed by atoms with Crippen LogP contribution in [0.5, 0.6) is 11.5 Å². The van der Waals surface area contributed by atoms with E-state index in [0.717, 1.165) is 18.4 Å². The number of nitrogens with one attached hydrogen (secondary N) is 1. The molecule has 0 aliphatic carbocycles. The zero-order chi connectivity index (χ0) is 19.2. The maximum absolute atomic E-state index is 12.7. The fourth-order valence-corrected chi connectivity index (χ4v) is 3.42. The first-order chi connectivity index (χ1) is 13.1. The van der Waals surface area contributed by atoms with Crippen molar-refractivity contribution in [2.75, 3.05) is 27.3 Å². The molecule has 0 spiro atoms. The van der Waals surface area contributed by atoms with Crippen LogP contribution in [0.4, 0.5) is 0 Å². The Bertz CT molecular complexity index is 807. The predicted octanol–water partition coefficient (Wildman–Crippen LogP) is 2.80. The summed E-state index contributed by atoms with van der Waals surface area (Å²) in [6.07, 6.45) is 1.91. The van der Waals surface area contributed by atoms with Crippen LogP contribution in [0.25, 0.3) is 0 Å². The molecule has 2 amide bonds. The number of nitrogens with zero attached hydrogens (tertiary/aromatic N) is 1. The quantitative estimate of drug-likeness (QED) is 0.851. The average Bonchev–Trinajstić information content (AvgIpc) is 3.21. The number of ether oxygens (including phenoxy) is 2. The molecule has 1 fully saturated rings. The zero-order valence-corrected chi connectivity index (χ0v) is 15.6. The smallest absolute Gasteiger partial charge is 0.251 e. The summed E-state index contributed by atoms with van der Waals surface area (Å²) >= 11 is 0. The van der Waals surface area contributed by atoms with Crippen molar-refractivity contribution in [1.82, 2.24) is 10.2 Å². The lowest BCUT2D eigenvalue weighted by Crippen LogP contribution is -2.39. The van der Waals surface area contributed by atoms with Gasteiger partial charge in [0.1, 0.15) is 0 Å². The molecule has 1 aliphatic rings. The zero-order valence-electron chi connectivity index (χ0n) is 15.6. The molecule has 2 aromatic carbocycles. The highest BCUT2D eigenvalue weighted by atomic mass is 16.5. The number of benzene rings is 2. The summed E-state index contributed by atoms with van der Waals surface area (Å²) < 4.78 is 10.4. The van der Waals surface area contributed by atoms with E-state index in [1.54, 1.807) is 18.2 Å². The van der Waals surface area contributed by atoms with Crippen LogP contribution < -0.4 is 14.8 Å². The molecule has 142 valence electrons. The van der Waals surface area contributed by atoms with Crippen molar-refractivity contribution in [2.24, 2.45) is 0 Å². The number of carbonyl (C=O) groups is 2. The van der Waals surface area contributed by atoms with Gasteiger partial charge in [-0.3, -0.25) is 9.59 Å². The van der Waals surface area contributed by atoms with E-state index in [2.05, 4.69) is 5.32 Å². The van der Waals surface area contributed by atoms with Crippen molar-refractivity contribution in [3.8, 4) is 11.5 Å². The monoisotopic (exact) mass is 368 g/mol. The second-order valence-corrected chi connectivity index (χ2v) is 6.41. The molecule has 0 aromatic heterocycles. The molecule has 1 atom stereocenters. The first-order valence-electron chi connectivity index (χ1n) is 8.98. The van der Waals surface area contributed by atoms with Gasteiger partial charge < -0.3 is 19.7 Å². The summed E-state index contributed by atoms with van der Waals surface area (Å²) in [5.41, 5.74) is 1.55. The van der Waals surface area contributed by atoms with Crippen molar-refractivity contribution in [2.45, 2.75) is 18.9 Å². The molecule has 1 heterocycles. The highest BCUT2D eigenvalue weighted by Crippen LogP contribution is 2.31. The lowest BCUT2D eigenvalue weighted by molar-refractivity contribution is -0.131. The van der Waals surface area contributed by atoms with Crippen LogP contribution in [0, 0.1) is 0 Å². The molecule has 1 saturated heterocycles. The van der Waals surface area contributed by atoms with Crippen LogP contribution in [-0.2, 0) is 4.79 Å². The molecule has 0 bridgehead atoms. The van der Waals surface area contributed by atoms with Crippen LogP contribution >= 0.6 is 0 Å². The van der Waals surface area contributed by atoms with E-state index >= 15 is 0 Å². The number of likely N-dealkylation sites (tertiary alicyclic amines) is 1. The number of methoxy groups -OCH3 is 2. The van der Waals surface area contributed by atoms with E-state index in [4.69, 9.17) is 9.47 Å². The van der Waals surface area contributed by atoms with E-state index in [-0.39, 0.29) is 24.4 Å². The Morgan fingerprint density at radius 3 is 2.52 bits per heavy atom. The Labute approximate surface area is 159 Å². The molecule has 6 heteroatoms. The van der Waals surface area contributed by atoms with E-state index < -0.39 is 0 Å². The number of hydrogen-bond donors (Lipinski definition) is 1. The maximum Gasteiger partial charge on any atom is 0.251 e. The summed E-state index contributed by atoms with van der Waals surface area (Å²) in [6.45, 7) is 0.682. The summed E-state index contributed by atoms with van der Waals surface area (Å²) in [5.74, 6) is 0.628. The Morgan fingerprint density at radius 2 is 1.81 bits per heavy atom. The Kier molecular flexibility index (Phi) is 5.96. The van der Waals surface area contributed by atoms with Gasteiger partial charge >= 0.3 is 0 Å². The van der Waals surface area contributed by atoms with Gasteiger partial charge in [-0.15, -0.1) is 0 Å². The summed E-state index contributed by atoms with van der Waals surface area (Å²) in [6, 6.07) is 15.0. The highest BCUT2D eigenvalue weighted by Gasteiger charge is 2.29. The van der Waals surface area contributed by atoms with Gasteiger partial charge in [0.15, 0.2) is 11.5 Å². The lowest BCUT2D eigenvalue weighted by atomic mass is 10.0. The molecule has 27 heavy (non-hydrogen) atoms. The van der Waals surface area contributed by atoms with Crippen molar-refractivity contribution in [3.05, 3.63) is 59.7 Å². The van der Waals surface area contributed by atoms with Gasteiger partial charge in [0, 0.05) is 12.1 Å². The van der Waals surface area contributed by atoms with Crippen LogP contribution in [0.2, 0.25) is 0 Å². The lowest BCUT2D eigenvalue weighted by Gasteiger charge is -2.25. The topological polar surface area (TPSA) is 67.9 Å². The third-order valence-corrected chi connectivity index (χ3v) is 4.80. The summed E-state index contributed by atoms with van der Waals surface area (Å²) in [5, 5.41) is 2.71.